The van der Waals surface area contributed by atoms with Gasteiger partial charge < -0.3 is 20.7 Å². The van der Waals surface area contributed by atoms with Crippen LogP contribution in [0, 0.1) is 5.92 Å². The van der Waals surface area contributed by atoms with Crippen molar-refractivity contribution in [1.82, 2.24) is 10.6 Å². The van der Waals surface area contributed by atoms with Gasteiger partial charge in [-0.05, 0) is 43.4 Å². The number of carbonyl (C=O) groups is 5. The van der Waals surface area contributed by atoms with Crippen molar-refractivity contribution in [3.63, 3.8) is 0 Å². The number of Topliss-reactive ketones (excluding diaryl/α,β-unsaturated/α-hetero) is 2. The fourth-order valence-electron chi connectivity index (χ4n) is 3.82. The van der Waals surface area contributed by atoms with Crippen molar-refractivity contribution in [3.8, 4) is 0 Å². The lowest BCUT2D eigenvalue weighted by Crippen LogP contribution is -2.31. The van der Waals surface area contributed by atoms with Gasteiger partial charge in [-0.2, -0.15) is 0 Å². The Balaban J connectivity index is 1.59. The molecule has 35 heavy (non-hydrogen) atoms. The van der Waals surface area contributed by atoms with Crippen LogP contribution in [-0.4, -0.2) is 55.6 Å². The fourth-order valence-corrected chi connectivity index (χ4v) is 3.82. The first kappa shape index (κ1) is 28.2. The zero-order valence-electron chi connectivity index (χ0n) is 20.5. The topological polar surface area (TPSA) is 131 Å². The highest BCUT2D eigenvalue weighted by molar-refractivity contribution is 6.04. The molecule has 1 aromatic carbocycles. The highest BCUT2D eigenvalue weighted by Gasteiger charge is 2.28. The summed E-state index contributed by atoms with van der Waals surface area (Å²) in [6.45, 7) is 3.67. The molecule has 1 aromatic rings. The summed E-state index contributed by atoms with van der Waals surface area (Å²) in [6, 6.07) is 6.84. The van der Waals surface area contributed by atoms with E-state index in [2.05, 4.69) is 16.0 Å². The Morgan fingerprint density at radius 1 is 0.943 bits per heavy atom. The van der Waals surface area contributed by atoms with Crippen molar-refractivity contribution < 1.29 is 28.7 Å². The van der Waals surface area contributed by atoms with Crippen LogP contribution in [0.15, 0.2) is 24.3 Å². The number of benzene rings is 1. The van der Waals surface area contributed by atoms with Crippen LogP contribution >= 0.6 is 0 Å². The van der Waals surface area contributed by atoms with Gasteiger partial charge in [0.1, 0.15) is 18.0 Å². The molecule has 3 amide bonds. The van der Waals surface area contributed by atoms with Gasteiger partial charge in [-0.1, -0.05) is 25.5 Å². The molecule has 192 valence electrons. The lowest BCUT2D eigenvalue weighted by molar-refractivity contribution is -0.134. The van der Waals surface area contributed by atoms with E-state index in [0.29, 0.717) is 51.1 Å². The van der Waals surface area contributed by atoms with Crippen LogP contribution in [0.4, 0.5) is 5.69 Å². The summed E-state index contributed by atoms with van der Waals surface area (Å²) in [4.78, 5) is 59.9. The van der Waals surface area contributed by atoms with Gasteiger partial charge in [-0.25, -0.2) is 0 Å². The summed E-state index contributed by atoms with van der Waals surface area (Å²) in [5.74, 6) is -1.34. The minimum Gasteiger partial charge on any atom is -0.380 e. The summed E-state index contributed by atoms with van der Waals surface area (Å²) in [6.07, 6.45) is 4.69. The number of ether oxygens (including phenoxy) is 1. The molecule has 0 aromatic heterocycles. The van der Waals surface area contributed by atoms with Gasteiger partial charge in [0.15, 0.2) is 0 Å². The minimum atomic E-state index is -0.482. The van der Waals surface area contributed by atoms with Gasteiger partial charge in [-0.15, -0.1) is 0 Å². The number of carbonyl (C=O) groups excluding carboxylic acids is 5. The van der Waals surface area contributed by atoms with E-state index in [-0.39, 0.29) is 36.9 Å². The lowest BCUT2D eigenvalue weighted by atomic mass is 9.83. The van der Waals surface area contributed by atoms with Crippen molar-refractivity contribution in [2.24, 2.45) is 5.92 Å². The molecule has 0 heterocycles. The molecular weight excluding hydrogens is 450 g/mol. The molecule has 1 saturated carbocycles. The quantitative estimate of drug-likeness (QED) is 0.257. The predicted octanol–water partition coefficient (Wildman–Crippen LogP) is 2.33. The summed E-state index contributed by atoms with van der Waals surface area (Å²) in [5.41, 5.74) is 1.31. The van der Waals surface area contributed by atoms with Crippen molar-refractivity contribution in [3.05, 3.63) is 29.8 Å². The SMILES string of the molecule is CCCNC(=O)CCCOCCNC(=O)CC(=O)Nc1ccc(CC(=O)C2CCCCC2=O)cc1. The second-order valence-electron chi connectivity index (χ2n) is 8.75. The number of hydrogen-bond donors (Lipinski definition) is 3. The standard InChI is InChI=1S/C26H37N3O6/c1-2-13-27-24(32)8-5-15-35-16-14-28-25(33)18-26(34)29-20-11-9-19(10-12-20)17-23(31)21-6-3-4-7-22(21)30/h9-12,21H,2-8,13-18H2,1H3,(H,27,32)(H,28,33)(H,29,34). The Hall–Kier alpha value is -3.07. The van der Waals surface area contributed by atoms with E-state index in [1.165, 1.54) is 0 Å². The molecule has 2 rings (SSSR count). The summed E-state index contributed by atoms with van der Waals surface area (Å²) < 4.78 is 5.38. The van der Waals surface area contributed by atoms with Gasteiger partial charge in [0.2, 0.25) is 17.7 Å². The average Bonchev–Trinajstić information content (AvgIpc) is 2.83. The Bertz CT molecular complexity index is 868. The van der Waals surface area contributed by atoms with Gasteiger partial charge >= 0.3 is 0 Å². The van der Waals surface area contributed by atoms with E-state index >= 15 is 0 Å². The fraction of sp³-hybridized carbons (Fsp3) is 0.577. The number of ketones is 2. The monoisotopic (exact) mass is 487 g/mol. The van der Waals surface area contributed by atoms with Crippen LogP contribution in [-0.2, 0) is 35.1 Å². The molecule has 9 nitrogen and oxygen atoms in total. The largest absolute Gasteiger partial charge is 0.380 e. The number of anilines is 1. The van der Waals surface area contributed by atoms with Crippen molar-refractivity contribution in [2.45, 2.75) is 64.7 Å². The van der Waals surface area contributed by atoms with Gasteiger partial charge in [0.05, 0.1) is 12.5 Å². The molecule has 1 aliphatic carbocycles. The summed E-state index contributed by atoms with van der Waals surface area (Å²) >= 11 is 0. The zero-order valence-corrected chi connectivity index (χ0v) is 20.5. The molecule has 0 aliphatic heterocycles. The van der Waals surface area contributed by atoms with Crippen LogP contribution < -0.4 is 16.0 Å². The van der Waals surface area contributed by atoms with Crippen LogP contribution in [0.5, 0.6) is 0 Å². The molecule has 1 aliphatic rings. The Labute approximate surface area is 206 Å². The van der Waals surface area contributed by atoms with Crippen LogP contribution in [0.3, 0.4) is 0 Å². The third-order valence-electron chi connectivity index (χ3n) is 5.71. The normalized spacial score (nSPS) is 15.3. The molecule has 0 saturated heterocycles. The third-order valence-corrected chi connectivity index (χ3v) is 5.71. The molecule has 3 N–H and O–H groups in total. The first-order valence-corrected chi connectivity index (χ1v) is 12.4. The molecular formula is C26H37N3O6. The van der Waals surface area contributed by atoms with Crippen LogP contribution in [0.25, 0.3) is 0 Å². The molecule has 0 spiro atoms. The average molecular weight is 488 g/mol. The second-order valence-corrected chi connectivity index (χ2v) is 8.75. The van der Waals surface area contributed by atoms with E-state index in [4.69, 9.17) is 4.74 Å². The third kappa shape index (κ3) is 11.3. The summed E-state index contributed by atoms with van der Waals surface area (Å²) in [5, 5.41) is 8.08. The maximum atomic E-state index is 12.4. The number of hydrogen-bond acceptors (Lipinski definition) is 6. The Kier molecular flexibility index (Phi) is 12.7. The lowest BCUT2D eigenvalue weighted by Gasteiger charge is -2.19. The maximum absolute atomic E-state index is 12.4. The molecule has 1 atom stereocenters. The molecule has 9 heteroatoms. The van der Waals surface area contributed by atoms with E-state index < -0.39 is 17.7 Å². The van der Waals surface area contributed by atoms with Gasteiger partial charge in [0.25, 0.3) is 0 Å². The maximum Gasteiger partial charge on any atom is 0.233 e. The molecule has 0 bridgehead atoms. The van der Waals surface area contributed by atoms with Crippen molar-refractivity contribution in [1.29, 1.82) is 0 Å². The Morgan fingerprint density at radius 3 is 2.40 bits per heavy atom. The summed E-state index contributed by atoms with van der Waals surface area (Å²) in [7, 11) is 0. The molecule has 1 unspecified atom stereocenters. The first-order valence-electron chi connectivity index (χ1n) is 12.4. The van der Waals surface area contributed by atoms with Crippen LogP contribution in [0.1, 0.15) is 63.9 Å². The highest BCUT2D eigenvalue weighted by atomic mass is 16.5. The molecule has 1 fully saturated rings. The van der Waals surface area contributed by atoms with E-state index in [0.717, 1.165) is 24.8 Å². The first-order chi connectivity index (χ1) is 16.9. The van der Waals surface area contributed by atoms with Gasteiger partial charge in [-0.3, -0.25) is 24.0 Å². The van der Waals surface area contributed by atoms with E-state index in [1.54, 1.807) is 24.3 Å². The zero-order chi connectivity index (χ0) is 25.5. The number of nitrogens with one attached hydrogen (secondary N) is 3. The number of rotatable bonds is 15. The minimum absolute atomic E-state index is 0.00817. The second kappa shape index (κ2) is 15.8. The highest BCUT2D eigenvalue weighted by Crippen LogP contribution is 2.23. The Morgan fingerprint density at radius 2 is 1.69 bits per heavy atom. The molecule has 0 radical (unpaired) electrons. The van der Waals surface area contributed by atoms with E-state index in [9.17, 15) is 24.0 Å². The smallest absolute Gasteiger partial charge is 0.233 e. The number of amides is 3. The van der Waals surface area contributed by atoms with Crippen molar-refractivity contribution in [2.75, 3.05) is 31.6 Å². The van der Waals surface area contributed by atoms with Crippen LogP contribution in [0.2, 0.25) is 0 Å². The predicted molar refractivity (Wildman–Crippen MR) is 132 cm³/mol. The van der Waals surface area contributed by atoms with E-state index in [1.807, 2.05) is 6.92 Å². The van der Waals surface area contributed by atoms with Crippen molar-refractivity contribution >= 4 is 35.0 Å². The van der Waals surface area contributed by atoms with Gasteiger partial charge in [0, 0.05) is 44.6 Å².